The third-order valence-corrected chi connectivity index (χ3v) is 7.30. The van der Waals surface area contributed by atoms with E-state index in [4.69, 9.17) is 21.9 Å². The monoisotopic (exact) mass is 560 g/mol. The molecule has 0 bridgehead atoms. The molecule has 2 atom stereocenters. The summed E-state index contributed by atoms with van der Waals surface area (Å²) in [5, 5.41) is 4.25. The Hall–Kier alpha value is -3.16. The zero-order valence-corrected chi connectivity index (χ0v) is 23.2. The van der Waals surface area contributed by atoms with Crippen LogP contribution in [0.15, 0.2) is 83.5 Å². The molecule has 0 amide bonds. The number of benzene rings is 2. The Kier molecular flexibility index (Phi) is 6.86. The molecule has 5 nitrogen and oxygen atoms in total. The lowest BCUT2D eigenvalue weighted by Crippen LogP contribution is -2.29. The van der Waals surface area contributed by atoms with Gasteiger partial charge >= 0.3 is 0 Å². The molecule has 1 N–H and O–H groups in total. The highest BCUT2D eigenvalue weighted by Crippen LogP contribution is 2.44. The van der Waals surface area contributed by atoms with Crippen LogP contribution in [0.1, 0.15) is 48.6 Å². The Morgan fingerprint density at radius 1 is 0.972 bits per heavy atom. The third kappa shape index (κ3) is 4.65. The number of halogens is 1. The van der Waals surface area contributed by atoms with Gasteiger partial charge in [0.25, 0.3) is 0 Å². The number of hydrogen-bond acceptors (Lipinski definition) is 3. The lowest BCUT2D eigenvalue weighted by molar-refractivity contribution is 0.242. The van der Waals surface area contributed by atoms with Crippen molar-refractivity contribution in [1.82, 2.24) is 14.9 Å². The van der Waals surface area contributed by atoms with Crippen LogP contribution in [-0.2, 0) is 0 Å². The van der Waals surface area contributed by atoms with Crippen LogP contribution in [0.2, 0.25) is 0 Å². The molecule has 3 heterocycles. The van der Waals surface area contributed by atoms with Crippen LogP contribution >= 0.6 is 28.1 Å². The summed E-state index contributed by atoms with van der Waals surface area (Å²) in [5.41, 5.74) is 6.66. The smallest absolute Gasteiger partial charge is 0.174 e. The van der Waals surface area contributed by atoms with E-state index in [0.717, 1.165) is 27.3 Å². The SMILES string of the molecule is Cc1cc([C@@H]2[C@H](c3ccccn3)NC(=S)N2c2ccc(OC(C)C)cc2)c(C)n1-c1ccc(Br)cc1. The van der Waals surface area contributed by atoms with Crippen LogP contribution in [0.5, 0.6) is 5.75 Å². The standard InChI is InChI=1S/C29H29BrN4OS/c1-18(2)35-24-14-12-23(13-15-24)34-28(27(32-29(34)36)26-7-5-6-16-31-26)25-17-19(3)33(20(25)4)22-10-8-21(30)9-11-22/h5-18,27-28H,1-4H3,(H,32,36)/t27-,28+/m0/s1. The number of hydrogen-bond donors (Lipinski definition) is 1. The average molecular weight is 562 g/mol. The van der Waals surface area contributed by atoms with E-state index < -0.39 is 0 Å². The highest BCUT2D eigenvalue weighted by Gasteiger charge is 2.42. The zero-order valence-electron chi connectivity index (χ0n) is 20.8. The first-order chi connectivity index (χ1) is 17.3. The van der Waals surface area contributed by atoms with Gasteiger partial charge in [-0.25, -0.2) is 0 Å². The molecule has 5 rings (SSSR count). The molecule has 0 saturated carbocycles. The van der Waals surface area contributed by atoms with E-state index in [9.17, 15) is 0 Å². The van der Waals surface area contributed by atoms with Gasteiger partial charge in [-0.15, -0.1) is 0 Å². The molecule has 1 aliphatic rings. The first-order valence-corrected chi connectivity index (χ1v) is 13.3. The maximum absolute atomic E-state index is 5.91. The normalized spacial score (nSPS) is 17.5. The molecule has 2 aromatic carbocycles. The lowest BCUT2D eigenvalue weighted by Gasteiger charge is -2.28. The Morgan fingerprint density at radius 2 is 1.67 bits per heavy atom. The second-order valence-corrected chi connectivity index (χ2v) is 10.6. The van der Waals surface area contributed by atoms with Crippen LogP contribution in [0, 0.1) is 13.8 Å². The highest BCUT2D eigenvalue weighted by atomic mass is 79.9. The van der Waals surface area contributed by atoms with E-state index in [2.05, 4.69) is 93.1 Å². The first-order valence-electron chi connectivity index (χ1n) is 12.1. The minimum absolute atomic E-state index is 0.0698. The minimum atomic E-state index is -0.0934. The molecule has 184 valence electrons. The summed E-state index contributed by atoms with van der Waals surface area (Å²) in [5.74, 6) is 0.845. The van der Waals surface area contributed by atoms with Crippen molar-refractivity contribution in [3.05, 3.63) is 106 Å². The van der Waals surface area contributed by atoms with Crippen molar-refractivity contribution >= 4 is 38.9 Å². The van der Waals surface area contributed by atoms with Gasteiger partial charge in [0.2, 0.25) is 0 Å². The molecule has 0 aliphatic carbocycles. The summed E-state index contributed by atoms with van der Waals surface area (Å²) in [6.07, 6.45) is 1.96. The number of aryl methyl sites for hydroxylation is 1. The molecule has 1 saturated heterocycles. The largest absolute Gasteiger partial charge is 0.491 e. The first kappa shape index (κ1) is 24.5. The Labute approximate surface area is 226 Å². The molecule has 0 unspecified atom stereocenters. The van der Waals surface area contributed by atoms with Gasteiger partial charge in [-0.05, 0) is 112 Å². The quantitative estimate of drug-likeness (QED) is 0.252. The van der Waals surface area contributed by atoms with Crippen LogP contribution < -0.4 is 15.0 Å². The van der Waals surface area contributed by atoms with Crippen molar-refractivity contribution in [3.8, 4) is 11.4 Å². The van der Waals surface area contributed by atoms with Crippen LogP contribution in [0.3, 0.4) is 0 Å². The van der Waals surface area contributed by atoms with Crippen molar-refractivity contribution < 1.29 is 4.74 Å². The van der Waals surface area contributed by atoms with Crippen LogP contribution in [0.25, 0.3) is 5.69 Å². The molecule has 4 aromatic rings. The van der Waals surface area contributed by atoms with Crippen LogP contribution in [0.4, 0.5) is 5.69 Å². The number of rotatable bonds is 6. The Morgan fingerprint density at radius 3 is 2.31 bits per heavy atom. The summed E-state index contributed by atoms with van der Waals surface area (Å²) < 4.78 is 9.24. The van der Waals surface area contributed by atoms with Gasteiger partial charge < -0.3 is 19.5 Å². The van der Waals surface area contributed by atoms with Gasteiger partial charge in [-0.1, -0.05) is 22.0 Å². The van der Waals surface area contributed by atoms with Crippen molar-refractivity contribution in [2.75, 3.05) is 4.90 Å². The number of pyridine rings is 1. The fourth-order valence-corrected chi connectivity index (χ4v) is 5.59. The van der Waals surface area contributed by atoms with Gasteiger partial charge in [0.15, 0.2) is 5.11 Å². The van der Waals surface area contributed by atoms with Crippen molar-refractivity contribution in [3.63, 3.8) is 0 Å². The molecule has 1 fully saturated rings. The summed E-state index contributed by atoms with van der Waals surface area (Å²) in [6.45, 7) is 8.39. The number of nitrogens with zero attached hydrogens (tertiary/aromatic N) is 3. The van der Waals surface area contributed by atoms with E-state index in [-0.39, 0.29) is 18.2 Å². The van der Waals surface area contributed by atoms with Gasteiger partial charge in [-0.3, -0.25) is 4.98 Å². The molecule has 1 aliphatic heterocycles. The van der Waals surface area contributed by atoms with Gasteiger partial charge in [0, 0.05) is 33.4 Å². The second-order valence-electron chi connectivity index (χ2n) is 9.30. The zero-order chi connectivity index (χ0) is 25.4. The maximum Gasteiger partial charge on any atom is 0.174 e. The minimum Gasteiger partial charge on any atom is -0.491 e. The summed E-state index contributed by atoms with van der Waals surface area (Å²) in [7, 11) is 0. The number of nitrogens with one attached hydrogen (secondary N) is 1. The van der Waals surface area contributed by atoms with E-state index >= 15 is 0 Å². The fourth-order valence-electron chi connectivity index (χ4n) is 4.98. The average Bonchev–Trinajstić information content (AvgIpc) is 3.35. The highest BCUT2D eigenvalue weighted by molar-refractivity contribution is 9.10. The lowest BCUT2D eigenvalue weighted by atomic mass is 9.96. The topological polar surface area (TPSA) is 42.3 Å². The van der Waals surface area contributed by atoms with Crippen molar-refractivity contribution in [1.29, 1.82) is 0 Å². The summed E-state index contributed by atoms with van der Waals surface area (Å²) in [4.78, 5) is 6.90. The summed E-state index contributed by atoms with van der Waals surface area (Å²) in [6, 6.07) is 24.7. The van der Waals surface area contributed by atoms with E-state index in [1.165, 1.54) is 17.0 Å². The Balaban J connectivity index is 1.62. The predicted octanol–water partition coefficient (Wildman–Crippen LogP) is 7.22. The molecule has 36 heavy (non-hydrogen) atoms. The van der Waals surface area contributed by atoms with Gasteiger partial charge in [-0.2, -0.15) is 0 Å². The fraction of sp³-hybridized carbons (Fsp3) is 0.241. The third-order valence-electron chi connectivity index (χ3n) is 6.46. The van der Waals surface area contributed by atoms with E-state index in [1.807, 2.05) is 44.3 Å². The van der Waals surface area contributed by atoms with Crippen molar-refractivity contribution in [2.24, 2.45) is 0 Å². The number of ether oxygens (including phenoxy) is 1. The summed E-state index contributed by atoms with van der Waals surface area (Å²) >= 11 is 9.47. The molecule has 0 spiro atoms. The maximum atomic E-state index is 5.91. The van der Waals surface area contributed by atoms with E-state index in [1.54, 1.807) is 0 Å². The number of thiocarbonyl (C=S) groups is 1. The van der Waals surface area contributed by atoms with E-state index in [0.29, 0.717) is 5.11 Å². The van der Waals surface area contributed by atoms with Gasteiger partial charge in [0.1, 0.15) is 5.75 Å². The Bertz CT molecular complexity index is 1370. The molecular weight excluding hydrogens is 532 g/mol. The predicted molar refractivity (Wildman–Crippen MR) is 153 cm³/mol. The number of aromatic nitrogens is 2. The number of anilines is 1. The second kappa shape index (κ2) is 10.1. The molecule has 0 radical (unpaired) electrons. The van der Waals surface area contributed by atoms with Gasteiger partial charge in [0.05, 0.1) is 23.9 Å². The molecule has 7 heteroatoms. The van der Waals surface area contributed by atoms with Crippen LogP contribution in [-0.4, -0.2) is 20.8 Å². The molecule has 2 aromatic heterocycles. The molecular formula is C29H29BrN4OS. The van der Waals surface area contributed by atoms with Crippen molar-refractivity contribution in [2.45, 2.75) is 45.9 Å².